The second kappa shape index (κ2) is 10.9. The van der Waals surface area contributed by atoms with Crippen molar-refractivity contribution < 1.29 is 33.0 Å². The van der Waals surface area contributed by atoms with Gasteiger partial charge in [0.1, 0.15) is 12.6 Å². The molecular weight excluding hydrogens is 434 g/mol. The summed E-state index contributed by atoms with van der Waals surface area (Å²) in [5.74, 6) is -3.16. The van der Waals surface area contributed by atoms with E-state index in [9.17, 15) is 23.2 Å². The van der Waals surface area contributed by atoms with Crippen LogP contribution < -0.4 is 10.6 Å². The predicted molar refractivity (Wildman–Crippen MR) is 117 cm³/mol. The van der Waals surface area contributed by atoms with Crippen LogP contribution in [0, 0.1) is 5.92 Å². The van der Waals surface area contributed by atoms with Crippen LogP contribution >= 0.6 is 0 Å². The average Bonchev–Trinajstić information content (AvgIpc) is 3.11. The molecule has 2 unspecified atom stereocenters. The standard InChI is InChI=1S/C24H26F2N2O5/c1-2-14(22(29)28-20(23(30)31)11-21(25)26)12-27-24(32)33-13-19-17-9-5-3-7-15(17)16-8-4-6-10-18(16)19/h3-10,14,19-21H,2,11-13H2,1H3,(H,27,32)(H,28,29)(H,30,31). The van der Waals surface area contributed by atoms with E-state index in [4.69, 9.17) is 9.84 Å². The first kappa shape index (κ1) is 24.2. The number of rotatable bonds is 10. The van der Waals surface area contributed by atoms with Crippen LogP contribution in [0.3, 0.4) is 0 Å². The summed E-state index contributed by atoms with van der Waals surface area (Å²) in [5, 5.41) is 13.6. The summed E-state index contributed by atoms with van der Waals surface area (Å²) in [6.07, 6.45) is -4.30. The SMILES string of the molecule is CCC(CNC(=O)OCC1c2ccccc2-c2ccccc21)C(=O)NC(CC(F)F)C(=O)O. The highest BCUT2D eigenvalue weighted by molar-refractivity contribution is 5.85. The van der Waals surface area contributed by atoms with Gasteiger partial charge in [-0.3, -0.25) is 4.79 Å². The van der Waals surface area contributed by atoms with E-state index in [0.29, 0.717) is 0 Å². The Balaban J connectivity index is 1.55. The zero-order valence-electron chi connectivity index (χ0n) is 18.1. The minimum Gasteiger partial charge on any atom is -0.480 e. The van der Waals surface area contributed by atoms with Crippen LogP contribution in [0.1, 0.15) is 36.8 Å². The molecule has 0 fully saturated rings. The number of fused-ring (bicyclic) bond motifs is 3. The number of carbonyl (C=O) groups excluding carboxylic acids is 2. The number of alkyl halides is 2. The summed E-state index contributed by atoms with van der Waals surface area (Å²) < 4.78 is 30.5. The molecule has 3 N–H and O–H groups in total. The van der Waals surface area contributed by atoms with Gasteiger partial charge < -0.3 is 20.5 Å². The Bertz CT molecular complexity index is 968. The third-order valence-electron chi connectivity index (χ3n) is 5.73. The number of amides is 2. The molecule has 176 valence electrons. The highest BCUT2D eigenvalue weighted by Gasteiger charge is 2.30. The van der Waals surface area contributed by atoms with Gasteiger partial charge in [-0.05, 0) is 28.7 Å². The van der Waals surface area contributed by atoms with Crippen molar-refractivity contribution in [3.63, 3.8) is 0 Å². The molecule has 0 aliphatic heterocycles. The highest BCUT2D eigenvalue weighted by Crippen LogP contribution is 2.44. The van der Waals surface area contributed by atoms with Gasteiger partial charge in [-0.2, -0.15) is 0 Å². The summed E-state index contributed by atoms with van der Waals surface area (Å²) in [6, 6.07) is 14.1. The molecule has 0 saturated carbocycles. The number of ether oxygens (including phenoxy) is 1. The largest absolute Gasteiger partial charge is 0.480 e. The van der Waals surface area contributed by atoms with Gasteiger partial charge >= 0.3 is 12.1 Å². The van der Waals surface area contributed by atoms with E-state index in [0.717, 1.165) is 22.3 Å². The fourth-order valence-corrected chi connectivity index (χ4v) is 3.97. The number of aliphatic carboxylic acids is 1. The second-order valence-electron chi connectivity index (χ2n) is 7.84. The van der Waals surface area contributed by atoms with E-state index in [1.807, 2.05) is 48.5 Å². The van der Waals surface area contributed by atoms with Crippen LogP contribution in [0.25, 0.3) is 11.1 Å². The van der Waals surface area contributed by atoms with Gasteiger partial charge in [0.2, 0.25) is 12.3 Å². The average molecular weight is 460 g/mol. The van der Waals surface area contributed by atoms with Gasteiger partial charge in [-0.1, -0.05) is 55.5 Å². The monoisotopic (exact) mass is 460 g/mol. The highest BCUT2D eigenvalue weighted by atomic mass is 19.3. The number of halogens is 2. The lowest BCUT2D eigenvalue weighted by atomic mass is 9.98. The van der Waals surface area contributed by atoms with Crippen LogP contribution in [-0.4, -0.2) is 48.7 Å². The molecular formula is C24H26F2N2O5. The molecule has 2 aromatic rings. The molecule has 2 amide bonds. The van der Waals surface area contributed by atoms with Crippen LogP contribution in [0.15, 0.2) is 48.5 Å². The molecule has 0 radical (unpaired) electrons. The fourth-order valence-electron chi connectivity index (χ4n) is 3.97. The lowest BCUT2D eigenvalue weighted by molar-refractivity contribution is -0.143. The summed E-state index contributed by atoms with van der Waals surface area (Å²) in [5.41, 5.74) is 4.33. The predicted octanol–water partition coefficient (Wildman–Crippen LogP) is 3.78. The molecule has 9 heteroatoms. The van der Waals surface area contributed by atoms with Crippen LogP contribution in [-0.2, 0) is 14.3 Å². The molecule has 33 heavy (non-hydrogen) atoms. The Labute approximate surface area is 190 Å². The molecule has 2 aromatic carbocycles. The van der Waals surface area contributed by atoms with Crippen molar-refractivity contribution in [1.29, 1.82) is 0 Å². The molecule has 0 heterocycles. The summed E-state index contributed by atoms with van der Waals surface area (Å²) in [6.45, 7) is 1.67. The number of benzene rings is 2. The van der Waals surface area contributed by atoms with Gasteiger partial charge in [0.25, 0.3) is 0 Å². The normalized spacial score (nSPS) is 14.2. The van der Waals surface area contributed by atoms with E-state index in [1.165, 1.54) is 0 Å². The van der Waals surface area contributed by atoms with Crippen LogP contribution in [0.2, 0.25) is 0 Å². The zero-order chi connectivity index (χ0) is 24.0. The van der Waals surface area contributed by atoms with Crippen molar-refractivity contribution >= 4 is 18.0 Å². The molecule has 1 aliphatic rings. The van der Waals surface area contributed by atoms with Crippen molar-refractivity contribution in [2.45, 2.75) is 38.2 Å². The number of hydrogen-bond acceptors (Lipinski definition) is 4. The third kappa shape index (κ3) is 5.85. The molecule has 0 bridgehead atoms. The Morgan fingerprint density at radius 3 is 2.12 bits per heavy atom. The number of hydrogen-bond donors (Lipinski definition) is 3. The van der Waals surface area contributed by atoms with E-state index >= 15 is 0 Å². The summed E-state index contributed by atoms with van der Waals surface area (Å²) in [4.78, 5) is 35.7. The van der Waals surface area contributed by atoms with Gasteiger partial charge in [-0.15, -0.1) is 0 Å². The lowest BCUT2D eigenvalue weighted by Gasteiger charge is -2.20. The molecule has 7 nitrogen and oxygen atoms in total. The zero-order valence-corrected chi connectivity index (χ0v) is 18.1. The second-order valence-corrected chi connectivity index (χ2v) is 7.84. The molecule has 1 aliphatic carbocycles. The van der Waals surface area contributed by atoms with Crippen molar-refractivity contribution in [2.75, 3.05) is 13.2 Å². The third-order valence-corrected chi connectivity index (χ3v) is 5.73. The minimum atomic E-state index is -2.87. The van der Waals surface area contributed by atoms with Crippen LogP contribution in [0.5, 0.6) is 0 Å². The van der Waals surface area contributed by atoms with E-state index in [2.05, 4.69) is 10.6 Å². The Kier molecular flexibility index (Phi) is 7.97. The van der Waals surface area contributed by atoms with Crippen molar-refractivity contribution in [3.05, 3.63) is 59.7 Å². The Hall–Kier alpha value is -3.49. The number of carbonyl (C=O) groups is 3. The Morgan fingerprint density at radius 2 is 1.61 bits per heavy atom. The quantitative estimate of drug-likeness (QED) is 0.501. The molecule has 3 rings (SSSR count). The van der Waals surface area contributed by atoms with E-state index in [-0.39, 0.29) is 25.5 Å². The minimum absolute atomic E-state index is 0.109. The first-order chi connectivity index (χ1) is 15.8. The molecule has 0 aromatic heterocycles. The van der Waals surface area contributed by atoms with Crippen molar-refractivity contribution in [3.8, 4) is 11.1 Å². The lowest BCUT2D eigenvalue weighted by Crippen LogP contribution is -2.47. The van der Waals surface area contributed by atoms with Gasteiger partial charge in [0.05, 0.1) is 5.92 Å². The molecule has 0 saturated heterocycles. The van der Waals surface area contributed by atoms with Gasteiger partial charge in [-0.25, -0.2) is 18.4 Å². The van der Waals surface area contributed by atoms with Gasteiger partial charge in [0, 0.05) is 18.9 Å². The fraction of sp³-hybridized carbons (Fsp3) is 0.375. The Morgan fingerprint density at radius 1 is 1.03 bits per heavy atom. The topological polar surface area (TPSA) is 105 Å². The molecule has 0 spiro atoms. The van der Waals surface area contributed by atoms with Crippen molar-refractivity contribution in [2.24, 2.45) is 5.92 Å². The maximum absolute atomic E-state index is 12.5. The molecule has 2 atom stereocenters. The number of carboxylic acids is 1. The maximum Gasteiger partial charge on any atom is 0.407 e. The number of alkyl carbamates (subject to hydrolysis) is 1. The smallest absolute Gasteiger partial charge is 0.407 e. The van der Waals surface area contributed by atoms with E-state index < -0.39 is 42.8 Å². The first-order valence-electron chi connectivity index (χ1n) is 10.7. The van der Waals surface area contributed by atoms with Crippen LogP contribution in [0.4, 0.5) is 13.6 Å². The summed E-state index contributed by atoms with van der Waals surface area (Å²) >= 11 is 0. The number of carboxylic acid groups (broad SMARTS) is 1. The maximum atomic E-state index is 12.5. The first-order valence-corrected chi connectivity index (χ1v) is 10.7. The van der Waals surface area contributed by atoms with Crippen molar-refractivity contribution in [1.82, 2.24) is 10.6 Å². The van der Waals surface area contributed by atoms with Gasteiger partial charge in [0.15, 0.2) is 0 Å². The van der Waals surface area contributed by atoms with E-state index in [1.54, 1.807) is 6.92 Å². The summed E-state index contributed by atoms with van der Waals surface area (Å²) in [7, 11) is 0. The number of nitrogens with one attached hydrogen (secondary N) is 2.